The Hall–Kier alpha value is -2.33. The molecule has 9 nitrogen and oxygen atoms in total. The average Bonchev–Trinajstić information content (AvgIpc) is 2.97. The second kappa shape index (κ2) is 6.65. The molecule has 1 fully saturated rings. The summed E-state index contributed by atoms with van der Waals surface area (Å²) >= 11 is 0. The fourth-order valence-electron chi connectivity index (χ4n) is 2.60. The van der Waals surface area contributed by atoms with Crippen molar-refractivity contribution in [1.82, 2.24) is 29.0 Å². The number of hydrogen-bond donors (Lipinski definition) is 0. The molecule has 0 spiro atoms. The van der Waals surface area contributed by atoms with E-state index in [1.54, 1.807) is 27.7 Å². The second-order valence-electron chi connectivity index (χ2n) is 5.56. The summed E-state index contributed by atoms with van der Waals surface area (Å²) in [6, 6.07) is 5.15. The minimum atomic E-state index is -3.24. The van der Waals surface area contributed by atoms with Crippen LogP contribution in [0.3, 0.4) is 0 Å². The van der Waals surface area contributed by atoms with Gasteiger partial charge in [0.25, 0.3) is 5.91 Å². The lowest BCUT2D eigenvalue weighted by atomic mass is 10.3. The lowest BCUT2D eigenvalue weighted by Crippen LogP contribution is -2.37. The van der Waals surface area contributed by atoms with Crippen molar-refractivity contribution in [2.75, 3.05) is 32.4 Å². The molecule has 0 N–H and O–H groups in total. The molecule has 10 heteroatoms. The minimum absolute atomic E-state index is 0.208. The first kappa shape index (κ1) is 16.5. The van der Waals surface area contributed by atoms with Crippen molar-refractivity contribution < 1.29 is 13.2 Å². The summed E-state index contributed by atoms with van der Waals surface area (Å²) < 4.78 is 26.3. The highest BCUT2D eigenvalue weighted by Gasteiger charge is 2.25. The van der Waals surface area contributed by atoms with Crippen LogP contribution in [0.25, 0.3) is 5.82 Å². The Morgan fingerprint density at radius 1 is 1.08 bits per heavy atom. The van der Waals surface area contributed by atoms with Crippen LogP contribution < -0.4 is 0 Å². The van der Waals surface area contributed by atoms with Gasteiger partial charge in [0.15, 0.2) is 0 Å². The number of aromatic nitrogens is 4. The van der Waals surface area contributed by atoms with Crippen LogP contribution in [-0.4, -0.2) is 75.7 Å². The number of hydrogen-bond acceptors (Lipinski definition) is 6. The molecule has 3 rings (SSSR count). The molecule has 0 bridgehead atoms. The monoisotopic (exact) mass is 350 g/mol. The number of carbonyl (C=O) groups excluding carboxylic acids is 1. The Morgan fingerprint density at radius 2 is 1.83 bits per heavy atom. The van der Waals surface area contributed by atoms with E-state index in [2.05, 4.69) is 15.2 Å². The maximum atomic E-state index is 12.7. The maximum Gasteiger partial charge on any atom is 0.272 e. The number of rotatable bonds is 3. The zero-order valence-corrected chi connectivity index (χ0v) is 14.1. The number of sulfonamides is 1. The van der Waals surface area contributed by atoms with Gasteiger partial charge in [-0.15, -0.1) is 10.2 Å². The van der Waals surface area contributed by atoms with Crippen molar-refractivity contribution in [3.05, 3.63) is 36.5 Å². The molecular weight excluding hydrogens is 332 g/mol. The molecule has 128 valence electrons. The molecule has 0 saturated carbocycles. The Balaban J connectivity index is 1.76. The predicted molar refractivity (Wildman–Crippen MR) is 86.1 cm³/mol. The highest BCUT2D eigenvalue weighted by Crippen LogP contribution is 2.11. The highest BCUT2D eigenvalue weighted by molar-refractivity contribution is 7.88. The third-order valence-electron chi connectivity index (χ3n) is 3.85. The van der Waals surface area contributed by atoms with Gasteiger partial charge in [0, 0.05) is 26.2 Å². The van der Waals surface area contributed by atoms with Crippen molar-refractivity contribution in [1.29, 1.82) is 0 Å². The third kappa shape index (κ3) is 3.60. The maximum absolute atomic E-state index is 12.7. The summed E-state index contributed by atoms with van der Waals surface area (Å²) in [5, 5.41) is 7.44. The molecule has 0 unspecified atom stereocenters. The molecule has 0 aliphatic carbocycles. The molecule has 2 aromatic heterocycles. The highest BCUT2D eigenvalue weighted by atomic mass is 32.2. The van der Waals surface area contributed by atoms with E-state index in [-0.39, 0.29) is 5.91 Å². The van der Waals surface area contributed by atoms with Crippen molar-refractivity contribution in [2.45, 2.75) is 6.42 Å². The average molecular weight is 350 g/mol. The summed E-state index contributed by atoms with van der Waals surface area (Å²) in [6.07, 6.45) is 4.80. The van der Waals surface area contributed by atoms with E-state index in [1.807, 2.05) is 0 Å². The quantitative estimate of drug-likeness (QED) is 0.758. The van der Waals surface area contributed by atoms with E-state index in [0.717, 1.165) is 0 Å². The van der Waals surface area contributed by atoms with Crippen LogP contribution in [0.2, 0.25) is 0 Å². The van der Waals surface area contributed by atoms with Gasteiger partial charge in [0.1, 0.15) is 24.2 Å². The summed E-state index contributed by atoms with van der Waals surface area (Å²) in [4.78, 5) is 18.7. The first-order valence-corrected chi connectivity index (χ1v) is 9.36. The van der Waals surface area contributed by atoms with Gasteiger partial charge in [-0.25, -0.2) is 17.7 Å². The van der Waals surface area contributed by atoms with Gasteiger partial charge in [-0.1, -0.05) is 6.07 Å². The zero-order valence-electron chi connectivity index (χ0n) is 13.2. The number of carbonyl (C=O) groups is 1. The molecule has 24 heavy (non-hydrogen) atoms. The van der Waals surface area contributed by atoms with Crippen molar-refractivity contribution in [2.24, 2.45) is 0 Å². The van der Waals surface area contributed by atoms with E-state index < -0.39 is 10.0 Å². The summed E-state index contributed by atoms with van der Waals surface area (Å²) in [6.45, 7) is 1.58. The Morgan fingerprint density at radius 3 is 2.54 bits per heavy atom. The standard InChI is InChI=1S/C14H18N6O3S/c1-24(22,23)20-7-3-6-18(8-9-20)14(21)12-4-2-5-13(17-12)19-10-15-16-11-19/h2,4-5,10-11H,3,6-9H2,1H3. The van der Waals surface area contributed by atoms with E-state index in [0.29, 0.717) is 44.1 Å². The molecule has 3 heterocycles. The van der Waals surface area contributed by atoms with Crippen molar-refractivity contribution in [3.63, 3.8) is 0 Å². The molecule has 1 saturated heterocycles. The van der Waals surface area contributed by atoms with Crippen LogP contribution >= 0.6 is 0 Å². The summed E-state index contributed by atoms with van der Waals surface area (Å²) in [5.41, 5.74) is 0.314. The number of pyridine rings is 1. The normalized spacial score (nSPS) is 16.8. The van der Waals surface area contributed by atoms with Gasteiger partial charge in [0.05, 0.1) is 6.26 Å². The van der Waals surface area contributed by atoms with Gasteiger partial charge < -0.3 is 4.90 Å². The minimum Gasteiger partial charge on any atom is -0.336 e. The van der Waals surface area contributed by atoms with E-state index >= 15 is 0 Å². The fourth-order valence-corrected chi connectivity index (χ4v) is 3.47. The summed E-state index contributed by atoms with van der Waals surface area (Å²) in [5.74, 6) is 0.346. The fraction of sp³-hybridized carbons (Fsp3) is 0.429. The smallest absolute Gasteiger partial charge is 0.272 e. The van der Waals surface area contributed by atoms with Gasteiger partial charge in [-0.05, 0) is 18.6 Å². The lowest BCUT2D eigenvalue weighted by molar-refractivity contribution is 0.0758. The van der Waals surface area contributed by atoms with Crippen LogP contribution in [0.15, 0.2) is 30.9 Å². The summed E-state index contributed by atoms with van der Waals surface area (Å²) in [7, 11) is -3.24. The van der Waals surface area contributed by atoms with Crippen molar-refractivity contribution >= 4 is 15.9 Å². The SMILES string of the molecule is CS(=O)(=O)N1CCCN(C(=O)c2cccc(-n3cnnc3)n2)CC1. The second-order valence-corrected chi connectivity index (χ2v) is 7.54. The molecule has 1 amide bonds. The Labute approximate surface area is 140 Å². The molecular formula is C14H18N6O3S. The van der Waals surface area contributed by atoms with Crippen LogP contribution in [0, 0.1) is 0 Å². The predicted octanol–water partition coefficient (Wildman–Crippen LogP) is -0.230. The molecule has 2 aromatic rings. The van der Waals surface area contributed by atoms with Crippen molar-refractivity contribution in [3.8, 4) is 5.82 Å². The molecule has 0 aromatic carbocycles. The van der Waals surface area contributed by atoms with E-state index in [1.165, 1.54) is 23.2 Å². The van der Waals surface area contributed by atoms with Gasteiger partial charge >= 0.3 is 0 Å². The Bertz CT molecular complexity index is 821. The van der Waals surface area contributed by atoms with Crippen LogP contribution in [0.4, 0.5) is 0 Å². The van der Waals surface area contributed by atoms with Gasteiger partial charge in [0.2, 0.25) is 10.0 Å². The molecule has 0 radical (unpaired) electrons. The first-order chi connectivity index (χ1) is 11.4. The number of amides is 1. The van der Waals surface area contributed by atoms with E-state index in [4.69, 9.17) is 0 Å². The lowest BCUT2D eigenvalue weighted by Gasteiger charge is -2.20. The van der Waals surface area contributed by atoms with Gasteiger partial charge in [-0.3, -0.25) is 9.36 Å². The zero-order chi connectivity index (χ0) is 17.2. The largest absolute Gasteiger partial charge is 0.336 e. The topological polar surface area (TPSA) is 101 Å². The van der Waals surface area contributed by atoms with Crippen LogP contribution in [0.5, 0.6) is 0 Å². The molecule has 1 aliphatic heterocycles. The first-order valence-electron chi connectivity index (χ1n) is 7.51. The third-order valence-corrected chi connectivity index (χ3v) is 5.15. The van der Waals surface area contributed by atoms with Crippen LogP contribution in [-0.2, 0) is 10.0 Å². The number of nitrogens with zero attached hydrogens (tertiary/aromatic N) is 6. The van der Waals surface area contributed by atoms with Gasteiger partial charge in [-0.2, -0.15) is 0 Å². The van der Waals surface area contributed by atoms with E-state index in [9.17, 15) is 13.2 Å². The molecule has 0 atom stereocenters. The Kier molecular flexibility index (Phi) is 4.58. The van der Waals surface area contributed by atoms with Crippen LogP contribution in [0.1, 0.15) is 16.9 Å². The molecule has 1 aliphatic rings.